The van der Waals surface area contributed by atoms with Gasteiger partial charge in [-0.1, -0.05) is 0 Å². The summed E-state index contributed by atoms with van der Waals surface area (Å²) in [6, 6.07) is -0.224. The Morgan fingerprint density at radius 2 is 2.24 bits per heavy atom. The summed E-state index contributed by atoms with van der Waals surface area (Å²) in [5.74, 6) is -0.922. The molecule has 0 aromatic carbocycles. The van der Waals surface area contributed by atoms with E-state index in [0.29, 0.717) is 25.6 Å². The Balaban J connectivity index is 2.20. The van der Waals surface area contributed by atoms with Crippen LogP contribution in [0.25, 0.3) is 0 Å². The number of rotatable bonds is 5. The molecule has 1 saturated heterocycles. The summed E-state index contributed by atoms with van der Waals surface area (Å²) in [7, 11) is 0. The largest absolute Gasteiger partial charge is 0.479 e. The summed E-state index contributed by atoms with van der Waals surface area (Å²) in [6.07, 6.45) is -0.512. The number of urea groups is 1. The minimum Gasteiger partial charge on any atom is -0.479 e. The molecular weight excluding hydrogens is 226 g/mol. The number of likely N-dealkylation sites (tertiary alicyclic amines) is 1. The molecule has 0 aliphatic carbocycles. The van der Waals surface area contributed by atoms with E-state index in [0.717, 1.165) is 6.42 Å². The van der Waals surface area contributed by atoms with Crippen LogP contribution in [0.1, 0.15) is 12.8 Å². The van der Waals surface area contributed by atoms with E-state index in [-0.39, 0.29) is 19.0 Å². The van der Waals surface area contributed by atoms with Gasteiger partial charge in [-0.15, -0.1) is 0 Å². The number of aliphatic carboxylic acids is 1. The Bertz CT molecular complexity index is 285. The summed E-state index contributed by atoms with van der Waals surface area (Å²) in [5, 5.41) is 20.0. The lowest BCUT2D eigenvalue weighted by atomic mass is 10.1. The molecule has 1 fully saturated rings. The summed E-state index contributed by atoms with van der Waals surface area (Å²) >= 11 is 0. The maximum absolute atomic E-state index is 11.6. The normalized spacial score (nSPS) is 21.3. The van der Waals surface area contributed by atoms with Crippen LogP contribution in [0.4, 0.5) is 4.79 Å². The lowest BCUT2D eigenvalue weighted by molar-refractivity contribution is -0.146. The highest BCUT2D eigenvalue weighted by atomic mass is 16.4. The van der Waals surface area contributed by atoms with Crippen LogP contribution in [0.15, 0.2) is 0 Å². The fourth-order valence-electron chi connectivity index (χ4n) is 1.76. The fourth-order valence-corrected chi connectivity index (χ4v) is 1.76. The van der Waals surface area contributed by atoms with Crippen LogP contribution in [0.2, 0.25) is 0 Å². The number of carboxylic acids is 1. The van der Waals surface area contributed by atoms with E-state index in [9.17, 15) is 9.59 Å². The molecule has 1 aliphatic heterocycles. The van der Waals surface area contributed by atoms with E-state index in [1.54, 1.807) is 4.90 Å². The third kappa shape index (κ3) is 4.20. The SMILES string of the molecule is NCC1CCN(C(=O)NCCC(O)C(=O)O)C1. The topological polar surface area (TPSA) is 116 Å². The molecule has 2 amide bonds. The third-order valence-electron chi connectivity index (χ3n) is 2.89. The number of aliphatic hydroxyl groups is 1. The Hall–Kier alpha value is -1.34. The van der Waals surface area contributed by atoms with Crippen molar-refractivity contribution < 1.29 is 19.8 Å². The zero-order chi connectivity index (χ0) is 12.8. The molecule has 1 aliphatic rings. The molecule has 2 unspecified atom stereocenters. The molecule has 98 valence electrons. The molecule has 7 nitrogen and oxygen atoms in total. The first-order valence-electron chi connectivity index (χ1n) is 5.68. The van der Waals surface area contributed by atoms with E-state index in [1.807, 2.05) is 0 Å². The van der Waals surface area contributed by atoms with Crippen molar-refractivity contribution in [2.75, 3.05) is 26.2 Å². The second kappa shape index (κ2) is 6.41. The van der Waals surface area contributed by atoms with Crippen molar-refractivity contribution in [1.29, 1.82) is 0 Å². The molecule has 0 aromatic heterocycles. The van der Waals surface area contributed by atoms with E-state index in [1.165, 1.54) is 0 Å². The van der Waals surface area contributed by atoms with Gasteiger partial charge >= 0.3 is 12.0 Å². The Kier molecular flexibility index (Phi) is 5.17. The quantitative estimate of drug-likeness (QED) is 0.486. The minimum absolute atomic E-state index is 0.00916. The van der Waals surface area contributed by atoms with Gasteiger partial charge < -0.3 is 26.2 Å². The number of carboxylic acid groups (broad SMARTS) is 1. The van der Waals surface area contributed by atoms with E-state index in [2.05, 4.69) is 5.32 Å². The number of nitrogens with two attached hydrogens (primary N) is 1. The zero-order valence-corrected chi connectivity index (χ0v) is 9.63. The summed E-state index contributed by atoms with van der Waals surface area (Å²) < 4.78 is 0. The van der Waals surface area contributed by atoms with Gasteiger partial charge in [0.05, 0.1) is 0 Å². The first-order valence-corrected chi connectivity index (χ1v) is 5.68. The van der Waals surface area contributed by atoms with Crippen LogP contribution in [0.3, 0.4) is 0 Å². The van der Waals surface area contributed by atoms with E-state index in [4.69, 9.17) is 15.9 Å². The van der Waals surface area contributed by atoms with Crippen LogP contribution >= 0.6 is 0 Å². The van der Waals surface area contributed by atoms with Crippen molar-refractivity contribution in [2.45, 2.75) is 18.9 Å². The van der Waals surface area contributed by atoms with Gasteiger partial charge in [0.25, 0.3) is 0 Å². The van der Waals surface area contributed by atoms with Gasteiger partial charge in [0.1, 0.15) is 0 Å². The lowest BCUT2D eigenvalue weighted by Crippen LogP contribution is -2.40. The molecule has 0 bridgehead atoms. The summed E-state index contributed by atoms with van der Waals surface area (Å²) in [5.41, 5.74) is 5.51. The Morgan fingerprint density at radius 1 is 1.53 bits per heavy atom. The molecule has 5 N–H and O–H groups in total. The highest BCUT2D eigenvalue weighted by molar-refractivity contribution is 5.75. The van der Waals surface area contributed by atoms with Gasteiger partial charge in [0.15, 0.2) is 6.10 Å². The van der Waals surface area contributed by atoms with Gasteiger partial charge in [0.2, 0.25) is 0 Å². The number of amides is 2. The average molecular weight is 245 g/mol. The predicted octanol–water partition coefficient (Wildman–Crippen LogP) is -1.19. The number of carbonyl (C=O) groups excluding carboxylic acids is 1. The second-order valence-corrected chi connectivity index (χ2v) is 4.21. The number of nitrogens with zero attached hydrogens (tertiary/aromatic N) is 1. The third-order valence-corrected chi connectivity index (χ3v) is 2.89. The minimum atomic E-state index is -1.43. The number of carbonyl (C=O) groups is 2. The highest BCUT2D eigenvalue weighted by Crippen LogP contribution is 2.14. The second-order valence-electron chi connectivity index (χ2n) is 4.21. The van der Waals surface area contributed by atoms with Crippen molar-refractivity contribution >= 4 is 12.0 Å². The van der Waals surface area contributed by atoms with Crippen molar-refractivity contribution in [2.24, 2.45) is 11.7 Å². The number of nitrogens with one attached hydrogen (secondary N) is 1. The lowest BCUT2D eigenvalue weighted by Gasteiger charge is -2.17. The summed E-state index contributed by atoms with van der Waals surface area (Å²) in [6.45, 7) is 2.04. The average Bonchev–Trinajstić information content (AvgIpc) is 2.77. The van der Waals surface area contributed by atoms with Crippen LogP contribution in [0.5, 0.6) is 0 Å². The van der Waals surface area contributed by atoms with Crippen molar-refractivity contribution in [3.05, 3.63) is 0 Å². The molecule has 0 aromatic rings. The first kappa shape index (κ1) is 13.7. The number of aliphatic hydroxyl groups excluding tert-OH is 1. The van der Waals surface area contributed by atoms with Gasteiger partial charge in [0, 0.05) is 26.1 Å². The highest BCUT2D eigenvalue weighted by Gasteiger charge is 2.25. The summed E-state index contributed by atoms with van der Waals surface area (Å²) in [4.78, 5) is 23.6. The molecule has 7 heteroatoms. The molecule has 17 heavy (non-hydrogen) atoms. The zero-order valence-electron chi connectivity index (χ0n) is 9.63. The fraction of sp³-hybridized carbons (Fsp3) is 0.800. The molecule has 0 saturated carbocycles. The Labute approximate surface area is 99.6 Å². The van der Waals surface area contributed by atoms with Crippen LogP contribution in [-0.2, 0) is 4.79 Å². The van der Waals surface area contributed by atoms with Gasteiger partial charge in [-0.2, -0.15) is 0 Å². The van der Waals surface area contributed by atoms with Gasteiger partial charge in [-0.3, -0.25) is 0 Å². The van der Waals surface area contributed by atoms with E-state index >= 15 is 0 Å². The monoisotopic (exact) mass is 245 g/mol. The molecule has 1 rings (SSSR count). The van der Waals surface area contributed by atoms with Crippen molar-refractivity contribution in [1.82, 2.24) is 10.2 Å². The molecule has 0 spiro atoms. The standard InChI is InChI=1S/C10H19N3O4/c11-5-7-2-4-13(6-7)10(17)12-3-1-8(14)9(15)16/h7-8,14H,1-6,11H2,(H,12,17)(H,15,16). The predicted molar refractivity (Wildman–Crippen MR) is 60.4 cm³/mol. The molecule has 1 heterocycles. The smallest absolute Gasteiger partial charge is 0.332 e. The molecule has 0 radical (unpaired) electrons. The maximum atomic E-state index is 11.6. The molecular formula is C10H19N3O4. The van der Waals surface area contributed by atoms with Crippen LogP contribution < -0.4 is 11.1 Å². The Morgan fingerprint density at radius 3 is 2.76 bits per heavy atom. The number of hydrogen-bond acceptors (Lipinski definition) is 4. The van der Waals surface area contributed by atoms with Crippen LogP contribution in [-0.4, -0.2) is 59.4 Å². The van der Waals surface area contributed by atoms with Gasteiger partial charge in [-0.05, 0) is 18.9 Å². The maximum Gasteiger partial charge on any atom is 0.332 e. The molecule has 2 atom stereocenters. The van der Waals surface area contributed by atoms with E-state index < -0.39 is 12.1 Å². The van der Waals surface area contributed by atoms with Crippen molar-refractivity contribution in [3.8, 4) is 0 Å². The van der Waals surface area contributed by atoms with Crippen molar-refractivity contribution in [3.63, 3.8) is 0 Å². The van der Waals surface area contributed by atoms with Gasteiger partial charge in [-0.25, -0.2) is 9.59 Å². The number of hydrogen-bond donors (Lipinski definition) is 4. The first-order chi connectivity index (χ1) is 8.04. The van der Waals surface area contributed by atoms with Crippen LogP contribution in [0, 0.1) is 5.92 Å².